The van der Waals surface area contributed by atoms with Crippen LogP contribution in [0, 0.1) is 11.8 Å². The first kappa shape index (κ1) is 26.6. The Kier molecular flexibility index (Phi) is 8.55. The molecule has 36 heavy (non-hydrogen) atoms. The molecule has 1 aromatic carbocycles. The van der Waals surface area contributed by atoms with E-state index in [2.05, 4.69) is 27.0 Å². The number of alkyl halides is 3. The number of carboxylic acids is 1. The molecule has 3 heterocycles. The highest BCUT2D eigenvalue weighted by Gasteiger charge is 2.38. The standard InChI is InChI=1S/C21H24N6O2.C2HF3O2/c1-3-4-12-27-17-18(25(2)21(27)28)23-20(29-15-16-8-6-5-7-9-16)24-19(17)26-13-10-22-11-14-26;3-2(4,5)1(6)7/h5-9,22H,10-15H2,1-2H3;(H,6,7). The van der Waals surface area contributed by atoms with Gasteiger partial charge in [0.15, 0.2) is 11.5 Å². The van der Waals surface area contributed by atoms with Crippen LogP contribution in [-0.4, -0.2) is 62.5 Å². The molecule has 0 bridgehead atoms. The SMILES string of the molecule is CC#CCn1c(=O)n(C)c2nc(OCc3ccccc3)nc(N3CCNCC3)c21.O=C(O)C(F)(F)F. The molecule has 1 aliphatic rings. The molecule has 1 saturated heterocycles. The highest BCUT2D eigenvalue weighted by molar-refractivity contribution is 5.85. The van der Waals surface area contributed by atoms with E-state index in [-0.39, 0.29) is 11.7 Å². The third-order valence-corrected chi connectivity index (χ3v) is 5.22. The van der Waals surface area contributed by atoms with E-state index in [0.717, 1.165) is 37.6 Å². The predicted molar refractivity (Wildman–Crippen MR) is 126 cm³/mol. The number of piperazine rings is 1. The molecule has 1 fully saturated rings. The summed E-state index contributed by atoms with van der Waals surface area (Å²) in [5, 5.41) is 10.5. The molecule has 0 aliphatic carbocycles. The average molecular weight is 506 g/mol. The van der Waals surface area contributed by atoms with Crippen LogP contribution < -0.4 is 20.6 Å². The fraction of sp³-hybridized carbons (Fsp3) is 0.391. The number of halogens is 3. The van der Waals surface area contributed by atoms with Gasteiger partial charge in [0.1, 0.15) is 12.1 Å². The maximum absolute atomic E-state index is 12.8. The lowest BCUT2D eigenvalue weighted by atomic mass is 10.2. The Bertz CT molecular complexity index is 1320. The maximum Gasteiger partial charge on any atom is 0.490 e. The average Bonchev–Trinajstić information content (AvgIpc) is 3.11. The monoisotopic (exact) mass is 506 g/mol. The molecule has 10 nitrogen and oxygen atoms in total. The van der Waals surface area contributed by atoms with Crippen molar-refractivity contribution in [1.29, 1.82) is 0 Å². The van der Waals surface area contributed by atoms with E-state index in [1.807, 2.05) is 30.3 Å². The van der Waals surface area contributed by atoms with Gasteiger partial charge in [0.2, 0.25) is 0 Å². The number of anilines is 1. The summed E-state index contributed by atoms with van der Waals surface area (Å²) in [6, 6.07) is 10.1. The number of nitrogens with one attached hydrogen (secondary N) is 1. The third kappa shape index (κ3) is 6.33. The summed E-state index contributed by atoms with van der Waals surface area (Å²) in [7, 11) is 1.72. The molecule has 0 amide bonds. The molecular weight excluding hydrogens is 481 g/mol. The van der Waals surface area contributed by atoms with Gasteiger partial charge in [0.05, 0.1) is 6.54 Å². The molecule has 2 aromatic heterocycles. The van der Waals surface area contributed by atoms with Crippen LogP contribution >= 0.6 is 0 Å². The smallest absolute Gasteiger partial charge is 0.475 e. The summed E-state index contributed by atoms with van der Waals surface area (Å²) in [4.78, 5) is 33.2. The van der Waals surface area contributed by atoms with Gasteiger partial charge in [-0.1, -0.05) is 36.3 Å². The van der Waals surface area contributed by atoms with Crippen molar-refractivity contribution < 1.29 is 27.8 Å². The van der Waals surface area contributed by atoms with Crippen LogP contribution in [-0.2, 0) is 25.0 Å². The van der Waals surface area contributed by atoms with Gasteiger partial charge in [-0.25, -0.2) is 9.59 Å². The van der Waals surface area contributed by atoms with E-state index in [4.69, 9.17) is 19.6 Å². The second-order valence-corrected chi connectivity index (χ2v) is 7.67. The molecule has 192 valence electrons. The number of aryl methyl sites for hydroxylation is 1. The van der Waals surface area contributed by atoms with E-state index < -0.39 is 12.1 Å². The lowest BCUT2D eigenvalue weighted by Gasteiger charge is -2.29. The number of fused-ring (bicyclic) bond motifs is 1. The Morgan fingerprint density at radius 3 is 2.42 bits per heavy atom. The van der Waals surface area contributed by atoms with Crippen molar-refractivity contribution in [3.63, 3.8) is 0 Å². The first-order valence-corrected chi connectivity index (χ1v) is 10.9. The lowest BCUT2D eigenvalue weighted by molar-refractivity contribution is -0.192. The molecule has 1 aliphatic heterocycles. The summed E-state index contributed by atoms with van der Waals surface area (Å²) in [6.07, 6.45) is -5.08. The number of benzene rings is 1. The summed E-state index contributed by atoms with van der Waals surface area (Å²) in [5.41, 5.74) is 2.13. The van der Waals surface area contributed by atoms with Crippen molar-refractivity contribution in [2.24, 2.45) is 7.05 Å². The van der Waals surface area contributed by atoms with E-state index in [9.17, 15) is 18.0 Å². The number of hydrogen-bond acceptors (Lipinski definition) is 7. The fourth-order valence-electron chi connectivity index (χ4n) is 3.44. The number of carboxylic acid groups (broad SMARTS) is 1. The number of aliphatic carboxylic acids is 1. The molecule has 0 radical (unpaired) electrons. The molecule has 3 aromatic rings. The number of ether oxygens (including phenoxy) is 1. The van der Waals surface area contributed by atoms with E-state index in [0.29, 0.717) is 24.3 Å². The number of nitrogens with zero attached hydrogens (tertiary/aromatic N) is 5. The van der Waals surface area contributed by atoms with Crippen molar-refractivity contribution in [2.75, 3.05) is 31.1 Å². The minimum absolute atomic E-state index is 0.159. The molecule has 0 saturated carbocycles. The molecule has 0 atom stereocenters. The number of carbonyl (C=O) groups is 1. The van der Waals surface area contributed by atoms with Gasteiger partial charge < -0.3 is 20.1 Å². The topological polar surface area (TPSA) is 115 Å². The van der Waals surface area contributed by atoms with Crippen molar-refractivity contribution in [1.82, 2.24) is 24.4 Å². The first-order valence-electron chi connectivity index (χ1n) is 10.9. The van der Waals surface area contributed by atoms with Gasteiger partial charge in [0.25, 0.3) is 0 Å². The molecule has 13 heteroatoms. The van der Waals surface area contributed by atoms with Crippen LogP contribution in [0.3, 0.4) is 0 Å². The van der Waals surface area contributed by atoms with Gasteiger partial charge in [0, 0.05) is 33.2 Å². The number of aromatic nitrogens is 4. The van der Waals surface area contributed by atoms with E-state index in [1.165, 1.54) is 4.57 Å². The van der Waals surface area contributed by atoms with Crippen molar-refractivity contribution in [2.45, 2.75) is 26.3 Å². The van der Waals surface area contributed by atoms with Gasteiger partial charge in [-0.05, 0) is 12.5 Å². The highest BCUT2D eigenvalue weighted by Crippen LogP contribution is 2.26. The zero-order valence-corrected chi connectivity index (χ0v) is 19.7. The van der Waals surface area contributed by atoms with E-state index in [1.54, 1.807) is 18.5 Å². The minimum atomic E-state index is -5.08. The Morgan fingerprint density at radius 1 is 1.19 bits per heavy atom. The van der Waals surface area contributed by atoms with Crippen LogP contribution in [0.15, 0.2) is 35.1 Å². The number of imidazole rings is 1. The second-order valence-electron chi connectivity index (χ2n) is 7.67. The van der Waals surface area contributed by atoms with Crippen LogP contribution in [0.1, 0.15) is 12.5 Å². The Labute approximate surface area is 204 Å². The molecular formula is C23H25F3N6O4. The van der Waals surface area contributed by atoms with Crippen LogP contribution in [0.4, 0.5) is 19.0 Å². The molecule has 0 unspecified atom stereocenters. The zero-order chi connectivity index (χ0) is 26.3. The Hall–Kier alpha value is -4.05. The first-order chi connectivity index (χ1) is 17.1. The van der Waals surface area contributed by atoms with Gasteiger partial charge in [-0.2, -0.15) is 23.1 Å². The van der Waals surface area contributed by atoms with Crippen molar-refractivity contribution >= 4 is 23.0 Å². The maximum atomic E-state index is 12.8. The minimum Gasteiger partial charge on any atom is -0.475 e. The van der Waals surface area contributed by atoms with E-state index >= 15 is 0 Å². The normalized spacial score (nSPS) is 13.4. The van der Waals surface area contributed by atoms with Crippen LogP contribution in [0.25, 0.3) is 11.2 Å². The largest absolute Gasteiger partial charge is 0.490 e. The molecule has 4 rings (SSSR count). The number of rotatable bonds is 5. The van der Waals surface area contributed by atoms with Gasteiger partial charge in [-0.3, -0.25) is 9.13 Å². The zero-order valence-electron chi connectivity index (χ0n) is 19.7. The highest BCUT2D eigenvalue weighted by atomic mass is 19.4. The number of hydrogen-bond donors (Lipinski definition) is 2. The Morgan fingerprint density at radius 2 is 1.83 bits per heavy atom. The van der Waals surface area contributed by atoms with Crippen molar-refractivity contribution in [3.05, 3.63) is 46.4 Å². The fourth-order valence-corrected chi connectivity index (χ4v) is 3.44. The summed E-state index contributed by atoms with van der Waals surface area (Å²) in [6.45, 7) is 5.75. The van der Waals surface area contributed by atoms with Crippen LogP contribution in [0.5, 0.6) is 6.01 Å². The summed E-state index contributed by atoms with van der Waals surface area (Å²) in [5.74, 6) is 3.80. The van der Waals surface area contributed by atoms with Gasteiger partial charge >= 0.3 is 23.8 Å². The van der Waals surface area contributed by atoms with Gasteiger partial charge in [-0.15, -0.1) is 5.92 Å². The van der Waals surface area contributed by atoms with Crippen LogP contribution in [0.2, 0.25) is 0 Å². The lowest BCUT2D eigenvalue weighted by Crippen LogP contribution is -2.44. The Balaban J connectivity index is 0.000000454. The summed E-state index contributed by atoms with van der Waals surface area (Å²) >= 11 is 0. The quantitative estimate of drug-likeness (QED) is 0.504. The molecule has 2 N–H and O–H groups in total. The third-order valence-electron chi connectivity index (χ3n) is 5.22. The van der Waals surface area contributed by atoms with Crippen molar-refractivity contribution in [3.8, 4) is 17.9 Å². The second kappa shape index (κ2) is 11.6. The predicted octanol–water partition coefficient (Wildman–Crippen LogP) is 1.78. The molecule has 0 spiro atoms. The summed E-state index contributed by atoms with van der Waals surface area (Å²) < 4.78 is 40.8.